The first-order valence-electron chi connectivity index (χ1n) is 17.5. The summed E-state index contributed by atoms with van der Waals surface area (Å²) in [5.74, 6) is 2.29. The number of para-hydroxylation sites is 2. The molecule has 8 aromatic rings. The number of pyridine rings is 1. The summed E-state index contributed by atoms with van der Waals surface area (Å²) in [6.45, 7) is 8.63. The van der Waals surface area contributed by atoms with Crippen LogP contribution in [0.3, 0.4) is 0 Å². The quantitative estimate of drug-likeness (QED) is 0.174. The van der Waals surface area contributed by atoms with Gasteiger partial charge in [-0.2, -0.15) is 5.26 Å². The third-order valence-electron chi connectivity index (χ3n) is 11.3. The Bertz CT molecular complexity index is 2900. The number of hydrogen-bond acceptors (Lipinski definition) is 5. The van der Waals surface area contributed by atoms with Gasteiger partial charge in [-0.05, 0) is 88.0 Å². The van der Waals surface area contributed by atoms with Gasteiger partial charge in [0, 0.05) is 36.1 Å². The number of aromatic nitrogens is 2. The van der Waals surface area contributed by atoms with E-state index < -0.39 is 5.41 Å². The maximum Gasteiger partial charge on any atom is 0.187 e. The van der Waals surface area contributed by atoms with Gasteiger partial charge < -0.3 is 14.5 Å². The highest BCUT2D eigenvalue weighted by Gasteiger charge is 2.53. The fourth-order valence-electron chi connectivity index (χ4n) is 9.16. The van der Waals surface area contributed by atoms with Crippen molar-refractivity contribution in [3.05, 3.63) is 179 Å². The zero-order chi connectivity index (χ0) is 35.4. The zero-order valence-corrected chi connectivity index (χ0v) is 28.6. The van der Waals surface area contributed by atoms with Gasteiger partial charge in [-0.15, -0.1) is 0 Å². The Labute approximate surface area is 305 Å². The smallest absolute Gasteiger partial charge is 0.187 e. The lowest BCUT2D eigenvalue weighted by Gasteiger charge is -2.43. The number of benzene rings is 6. The second-order valence-corrected chi connectivity index (χ2v) is 13.9. The van der Waals surface area contributed by atoms with E-state index in [0.717, 1.165) is 83.8 Å². The van der Waals surface area contributed by atoms with Crippen LogP contribution in [0.15, 0.2) is 140 Å². The molecule has 0 fully saturated rings. The van der Waals surface area contributed by atoms with Gasteiger partial charge in [0.15, 0.2) is 5.69 Å². The average molecular weight is 681 g/mol. The molecule has 0 bridgehead atoms. The maximum absolute atomic E-state index is 10.1. The Morgan fingerprint density at radius 1 is 0.717 bits per heavy atom. The summed E-state index contributed by atoms with van der Waals surface area (Å²) >= 11 is 0. The number of nitrogens with zero attached hydrogens (tertiary/aromatic N) is 6. The normalized spacial score (nSPS) is 15.9. The molecule has 1 atom stereocenters. The summed E-state index contributed by atoms with van der Waals surface area (Å²) < 4.78 is 8.96. The molecule has 248 valence electrons. The molecule has 0 amide bonds. The van der Waals surface area contributed by atoms with Crippen molar-refractivity contribution in [1.29, 1.82) is 5.26 Å². The van der Waals surface area contributed by atoms with Crippen molar-refractivity contribution in [2.24, 2.45) is 0 Å². The Morgan fingerprint density at radius 3 is 2.36 bits per heavy atom. The van der Waals surface area contributed by atoms with Crippen molar-refractivity contribution in [2.75, 3.05) is 23.5 Å². The van der Waals surface area contributed by atoms with Crippen LogP contribution in [0.1, 0.15) is 27.8 Å². The highest BCUT2D eigenvalue weighted by molar-refractivity contribution is 6.09. The Morgan fingerprint density at radius 2 is 1.51 bits per heavy atom. The van der Waals surface area contributed by atoms with E-state index in [9.17, 15) is 5.26 Å². The fourth-order valence-corrected chi connectivity index (χ4v) is 9.16. The number of fused-ring (bicyclic) bond motifs is 12. The lowest BCUT2D eigenvalue weighted by molar-refractivity contribution is 0.482. The lowest BCUT2D eigenvalue weighted by atomic mass is 9.64. The minimum absolute atomic E-state index is 0.587. The second kappa shape index (κ2) is 10.6. The Balaban J connectivity index is 1.13. The molecular weight excluding hydrogens is 653 g/mol. The first-order valence-corrected chi connectivity index (χ1v) is 17.5. The van der Waals surface area contributed by atoms with Crippen LogP contribution in [-0.2, 0) is 5.41 Å². The van der Waals surface area contributed by atoms with Gasteiger partial charge in [0.2, 0.25) is 0 Å². The molecule has 2 aromatic heterocycles. The third-order valence-corrected chi connectivity index (χ3v) is 11.3. The highest BCUT2D eigenvalue weighted by Crippen LogP contribution is 2.65. The number of ether oxygens (including phenoxy) is 1. The molecule has 7 nitrogen and oxygen atoms in total. The zero-order valence-electron chi connectivity index (χ0n) is 28.6. The molecule has 0 radical (unpaired) electrons. The molecule has 0 saturated carbocycles. The van der Waals surface area contributed by atoms with E-state index in [0.29, 0.717) is 23.7 Å². The number of rotatable bonds is 3. The molecule has 53 heavy (non-hydrogen) atoms. The minimum Gasteiger partial charge on any atom is -0.457 e. The topological polar surface area (TPSA) is 61.7 Å². The summed E-state index contributed by atoms with van der Waals surface area (Å²) in [6, 6.07) is 48.0. The van der Waals surface area contributed by atoms with Crippen molar-refractivity contribution in [3.63, 3.8) is 0 Å². The molecule has 0 N–H and O–H groups in total. The number of anilines is 3. The summed E-state index contributed by atoms with van der Waals surface area (Å²) in [7, 11) is 2.12. The minimum atomic E-state index is -0.748. The van der Waals surface area contributed by atoms with Crippen LogP contribution in [0.25, 0.3) is 43.6 Å². The highest BCUT2D eigenvalue weighted by atomic mass is 16.5. The average Bonchev–Trinajstić information content (AvgIpc) is 3.82. The van der Waals surface area contributed by atoms with Crippen LogP contribution in [0.5, 0.6) is 11.5 Å². The molecule has 3 aliphatic rings. The molecule has 2 aliphatic heterocycles. The maximum atomic E-state index is 10.1. The van der Waals surface area contributed by atoms with Crippen molar-refractivity contribution in [3.8, 4) is 34.5 Å². The third kappa shape index (κ3) is 3.83. The van der Waals surface area contributed by atoms with Crippen LogP contribution in [0.4, 0.5) is 22.7 Å². The molecule has 1 unspecified atom stereocenters. The molecule has 1 spiro atoms. The van der Waals surface area contributed by atoms with Crippen molar-refractivity contribution >= 4 is 44.6 Å². The molecular formula is C46H28N6O. The summed E-state index contributed by atoms with van der Waals surface area (Å²) in [4.78, 5) is 13.2. The first-order chi connectivity index (χ1) is 26.1. The fraction of sp³-hybridized carbons (Fsp3) is 0.0652. The van der Waals surface area contributed by atoms with Crippen molar-refractivity contribution in [1.82, 2.24) is 9.55 Å². The van der Waals surface area contributed by atoms with Gasteiger partial charge in [-0.1, -0.05) is 66.7 Å². The van der Waals surface area contributed by atoms with Gasteiger partial charge in [0.1, 0.15) is 17.3 Å². The van der Waals surface area contributed by atoms with Crippen molar-refractivity contribution < 1.29 is 4.74 Å². The number of hydrogen-bond donors (Lipinski definition) is 0. The SMILES string of the molecule is [C-]#[N+]c1ccc2c(c1)C1(c3cc(C#N)ccc3-2)c2ccc(Oc3ccc4c5ccccc5n(-c5ccccn5)c4c3)cc2N2CN(C)c3cccc1c32. The molecule has 1 aliphatic carbocycles. The summed E-state index contributed by atoms with van der Waals surface area (Å²) in [5, 5.41) is 12.4. The Kier molecular flexibility index (Phi) is 5.87. The molecule has 0 saturated heterocycles. The van der Waals surface area contributed by atoms with Gasteiger partial charge in [-0.3, -0.25) is 4.57 Å². The predicted molar refractivity (Wildman–Crippen MR) is 209 cm³/mol. The van der Waals surface area contributed by atoms with Gasteiger partial charge in [-0.25, -0.2) is 9.83 Å². The van der Waals surface area contributed by atoms with Crippen LogP contribution < -0.4 is 14.5 Å². The standard InChI is InChI=1S/C46H28N6O/c1-48-29-14-18-33-32-17-13-28(26-47)22-38(32)46(39(33)23-29)36-20-16-31(25-43(36)51-27-50(2)41-11-7-9-37(46)45(41)51)53-30-15-19-35-34-8-3-4-10-40(34)52(42(35)24-30)44-12-5-6-21-49-44/h3-25H,27H2,2H3. The van der Waals surface area contributed by atoms with Gasteiger partial charge in [0.25, 0.3) is 0 Å². The van der Waals surface area contributed by atoms with E-state index in [1.54, 1.807) is 0 Å². The van der Waals surface area contributed by atoms with E-state index in [-0.39, 0.29) is 0 Å². The predicted octanol–water partition coefficient (Wildman–Crippen LogP) is 10.6. The largest absolute Gasteiger partial charge is 0.457 e. The molecule has 7 heteroatoms. The van der Waals surface area contributed by atoms with Gasteiger partial charge >= 0.3 is 0 Å². The summed E-state index contributed by atoms with van der Waals surface area (Å²) in [6.07, 6.45) is 1.82. The van der Waals surface area contributed by atoms with Crippen LogP contribution in [-0.4, -0.2) is 23.3 Å². The monoisotopic (exact) mass is 680 g/mol. The number of nitriles is 1. The summed E-state index contributed by atoms with van der Waals surface area (Å²) in [5.41, 5.74) is 12.4. The van der Waals surface area contributed by atoms with Crippen LogP contribution in [0.2, 0.25) is 0 Å². The van der Waals surface area contributed by atoms with E-state index in [1.807, 2.05) is 54.7 Å². The molecule has 6 aromatic carbocycles. The Hall–Kier alpha value is -7.35. The van der Waals surface area contributed by atoms with Crippen LogP contribution in [0, 0.1) is 17.9 Å². The molecule has 11 rings (SSSR count). The van der Waals surface area contributed by atoms with Crippen molar-refractivity contribution in [2.45, 2.75) is 5.41 Å². The van der Waals surface area contributed by atoms with Crippen LogP contribution >= 0.6 is 0 Å². The lowest BCUT2D eigenvalue weighted by Crippen LogP contribution is -2.37. The molecule has 4 heterocycles. The van der Waals surface area contributed by atoms with E-state index >= 15 is 0 Å². The second-order valence-electron chi connectivity index (χ2n) is 13.9. The van der Waals surface area contributed by atoms with E-state index in [2.05, 4.69) is 117 Å². The van der Waals surface area contributed by atoms with E-state index in [4.69, 9.17) is 16.3 Å². The van der Waals surface area contributed by atoms with E-state index in [1.165, 1.54) is 0 Å². The first kappa shape index (κ1) is 29.4. The van der Waals surface area contributed by atoms with Gasteiger partial charge in [0.05, 0.1) is 58.4 Å².